The Balaban J connectivity index is 2.51. The van der Waals surface area contributed by atoms with E-state index >= 15 is 0 Å². The van der Waals surface area contributed by atoms with E-state index in [-0.39, 0.29) is 24.1 Å². The van der Waals surface area contributed by atoms with E-state index < -0.39 is 0 Å². The molecule has 1 aliphatic rings. The minimum Gasteiger partial charge on any atom is -0.756 e. The van der Waals surface area contributed by atoms with Crippen LogP contribution in [0.2, 0.25) is 0 Å². The van der Waals surface area contributed by atoms with Gasteiger partial charge < -0.3 is 20.6 Å². The van der Waals surface area contributed by atoms with Gasteiger partial charge in [-0.2, -0.15) is 0 Å². The van der Waals surface area contributed by atoms with Crippen LogP contribution >= 0.6 is 0 Å². The molecule has 0 aliphatic carbocycles. The number of carbonyl (C=O) groups is 1. The lowest BCUT2D eigenvalue weighted by molar-refractivity contribution is 0.0944. The van der Waals surface area contributed by atoms with E-state index in [1.807, 2.05) is 0 Å². The Bertz CT molecular complexity index is 294. The van der Waals surface area contributed by atoms with Crippen molar-refractivity contribution in [2.24, 2.45) is 0 Å². The van der Waals surface area contributed by atoms with Crippen LogP contribution in [0.15, 0.2) is 6.33 Å². The molecule has 0 atom stereocenters. The van der Waals surface area contributed by atoms with Gasteiger partial charge in [0.2, 0.25) is 0 Å². The number of nitrogens with zero attached hydrogens (tertiary/aromatic N) is 2. The molecule has 11 heavy (non-hydrogen) atoms. The lowest BCUT2D eigenvalue weighted by Crippen LogP contribution is -2.40. The summed E-state index contributed by atoms with van der Waals surface area (Å²) in [5.74, 6) is -0.127. The highest BCUT2D eigenvalue weighted by Gasteiger charge is 2.19. The number of anilines is 1. The fourth-order valence-electron chi connectivity index (χ4n) is 0.950. The summed E-state index contributed by atoms with van der Waals surface area (Å²) in [5, 5.41) is 13.9. The molecule has 2 heterocycles. The molecule has 1 aromatic rings. The average molecular weight is 153 g/mol. The zero-order chi connectivity index (χ0) is 7.84. The molecule has 1 amide bonds. The van der Waals surface area contributed by atoms with E-state index in [1.54, 1.807) is 0 Å². The highest BCUT2D eigenvalue weighted by Crippen LogP contribution is 2.16. The van der Waals surface area contributed by atoms with Gasteiger partial charge in [-0.15, -0.1) is 0 Å². The third-order valence-electron chi connectivity index (χ3n) is 1.47. The van der Waals surface area contributed by atoms with Crippen molar-refractivity contribution in [3.63, 3.8) is 0 Å². The zero-order valence-corrected chi connectivity index (χ0v) is 5.50. The summed E-state index contributed by atoms with van der Waals surface area (Å²) in [4.78, 5) is 17.2. The smallest absolute Gasteiger partial charge is 0.272 e. The number of aromatic amines is 1. The second-order valence-corrected chi connectivity index (χ2v) is 2.14. The Morgan fingerprint density at radius 2 is 2.55 bits per heavy atom. The maximum absolute atomic E-state index is 10.9. The minimum atomic E-state index is -0.287. The summed E-state index contributed by atoms with van der Waals surface area (Å²) in [5.41, 5.74) is 0.228. The van der Waals surface area contributed by atoms with E-state index in [1.165, 1.54) is 6.33 Å². The van der Waals surface area contributed by atoms with E-state index in [0.29, 0.717) is 5.06 Å². The van der Waals surface area contributed by atoms with Crippen LogP contribution < -0.4 is 10.4 Å². The summed E-state index contributed by atoms with van der Waals surface area (Å²) < 4.78 is 0. The average Bonchev–Trinajstić information content (AvgIpc) is 2.45. The molecule has 0 unspecified atom stereocenters. The van der Waals surface area contributed by atoms with Crippen LogP contribution in [0.4, 0.5) is 5.82 Å². The van der Waals surface area contributed by atoms with Gasteiger partial charge in [0.15, 0.2) is 5.82 Å². The molecule has 0 saturated carbocycles. The van der Waals surface area contributed by atoms with Crippen LogP contribution in [0.1, 0.15) is 10.5 Å². The first-order valence-electron chi connectivity index (χ1n) is 3.05. The van der Waals surface area contributed by atoms with Crippen molar-refractivity contribution in [2.75, 3.05) is 11.7 Å². The van der Waals surface area contributed by atoms with Gasteiger partial charge in [-0.1, -0.05) is 0 Å². The molecule has 0 radical (unpaired) electrons. The molecule has 2 N–H and O–H groups in total. The third-order valence-corrected chi connectivity index (χ3v) is 1.47. The maximum atomic E-state index is 10.9. The van der Waals surface area contributed by atoms with Gasteiger partial charge in [-0.25, -0.2) is 4.98 Å². The van der Waals surface area contributed by atoms with E-state index in [0.717, 1.165) is 0 Å². The number of nitrogens with one attached hydrogen (secondary N) is 2. The number of aromatic nitrogens is 2. The van der Waals surface area contributed by atoms with Crippen molar-refractivity contribution >= 4 is 11.7 Å². The van der Waals surface area contributed by atoms with Crippen LogP contribution in [-0.4, -0.2) is 22.5 Å². The summed E-state index contributed by atoms with van der Waals surface area (Å²) in [6, 6.07) is 0. The molecule has 0 bridgehead atoms. The number of imidazole rings is 1. The van der Waals surface area contributed by atoms with Crippen LogP contribution in [0.5, 0.6) is 0 Å². The van der Waals surface area contributed by atoms with Gasteiger partial charge in [0.05, 0.1) is 13.0 Å². The molecule has 1 aliphatic heterocycles. The van der Waals surface area contributed by atoms with Crippen molar-refractivity contribution in [1.82, 2.24) is 15.3 Å². The number of H-pyrrole nitrogens is 1. The SMILES string of the molecule is O=C1NCN([O-])c2nc[nH]c21. The Kier molecular flexibility index (Phi) is 1.10. The second-order valence-electron chi connectivity index (χ2n) is 2.14. The number of carbonyl (C=O) groups excluding carboxylic acids is 1. The van der Waals surface area contributed by atoms with Crippen molar-refractivity contribution in [2.45, 2.75) is 0 Å². The predicted molar refractivity (Wildman–Crippen MR) is 36.8 cm³/mol. The Morgan fingerprint density at radius 3 is 3.27 bits per heavy atom. The first kappa shape index (κ1) is 6.17. The molecule has 6 nitrogen and oxygen atoms in total. The number of hydroxylamine groups is 1. The van der Waals surface area contributed by atoms with Gasteiger partial charge in [0, 0.05) is 0 Å². The molecule has 0 spiro atoms. The number of amides is 1. The van der Waals surface area contributed by atoms with Crippen LogP contribution in [-0.2, 0) is 0 Å². The Labute approximate surface area is 61.8 Å². The summed E-state index contributed by atoms with van der Waals surface area (Å²) in [6.07, 6.45) is 1.32. The summed E-state index contributed by atoms with van der Waals surface area (Å²) in [6.45, 7) is -0.0311. The van der Waals surface area contributed by atoms with Gasteiger partial charge in [0.1, 0.15) is 5.69 Å². The summed E-state index contributed by atoms with van der Waals surface area (Å²) >= 11 is 0. The largest absolute Gasteiger partial charge is 0.756 e. The van der Waals surface area contributed by atoms with E-state index in [9.17, 15) is 10.0 Å². The van der Waals surface area contributed by atoms with Gasteiger partial charge in [-0.3, -0.25) is 4.79 Å². The lowest BCUT2D eigenvalue weighted by atomic mass is 10.3. The fraction of sp³-hybridized carbons (Fsp3) is 0.200. The van der Waals surface area contributed by atoms with Gasteiger partial charge in [0.25, 0.3) is 5.91 Å². The van der Waals surface area contributed by atoms with Crippen LogP contribution in [0.3, 0.4) is 0 Å². The Morgan fingerprint density at radius 1 is 1.73 bits per heavy atom. The normalized spacial score (nSPS) is 16.1. The molecule has 2 rings (SSSR count). The van der Waals surface area contributed by atoms with Crippen molar-refractivity contribution < 1.29 is 4.79 Å². The molecule has 0 aromatic carbocycles. The maximum Gasteiger partial charge on any atom is 0.272 e. The molecule has 1 aromatic heterocycles. The first-order valence-corrected chi connectivity index (χ1v) is 3.05. The molecule has 6 heteroatoms. The van der Waals surface area contributed by atoms with Gasteiger partial charge in [-0.05, 0) is 0 Å². The first-order chi connectivity index (χ1) is 5.29. The van der Waals surface area contributed by atoms with Crippen molar-refractivity contribution in [3.05, 3.63) is 17.2 Å². The van der Waals surface area contributed by atoms with E-state index in [4.69, 9.17) is 0 Å². The minimum absolute atomic E-state index is 0.0311. The predicted octanol–water partition coefficient (Wildman–Crippen LogP) is -0.585. The number of hydrogen-bond donors (Lipinski definition) is 2. The molecule has 58 valence electrons. The van der Waals surface area contributed by atoms with Crippen LogP contribution in [0, 0.1) is 5.21 Å². The van der Waals surface area contributed by atoms with E-state index in [2.05, 4.69) is 15.3 Å². The molecular formula is C5H5N4O2-. The fourth-order valence-corrected chi connectivity index (χ4v) is 0.950. The number of hydrogen-bond acceptors (Lipinski definition) is 4. The number of fused-ring (bicyclic) bond motifs is 1. The highest BCUT2D eigenvalue weighted by atomic mass is 16.5. The quantitative estimate of drug-likeness (QED) is 0.522. The second kappa shape index (κ2) is 1.96. The lowest BCUT2D eigenvalue weighted by Gasteiger charge is -2.32. The molecular weight excluding hydrogens is 148 g/mol. The highest BCUT2D eigenvalue weighted by molar-refractivity contribution is 5.98. The topological polar surface area (TPSA) is 84.1 Å². The Hall–Kier alpha value is -1.56. The zero-order valence-electron chi connectivity index (χ0n) is 5.50. The third kappa shape index (κ3) is 0.761. The molecule has 0 saturated heterocycles. The van der Waals surface area contributed by atoms with Gasteiger partial charge >= 0.3 is 0 Å². The van der Waals surface area contributed by atoms with Crippen molar-refractivity contribution in [1.29, 1.82) is 0 Å². The molecule has 0 fully saturated rings. The van der Waals surface area contributed by atoms with Crippen LogP contribution in [0.25, 0.3) is 0 Å². The standard InChI is InChI=1S/C5H5N4O2/c10-5-3-4(7-1-6-3)9(11)2-8-5/h1H,2H2,(H,6,7)(H,8,10)/q-1. The summed E-state index contributed by atoms with van der Waals surface area (Å²) in [7, 11) is 0. The van der Waals surface area contributed by atoms with Crippen molar-refractivity contribution in [3.8, 4) is 0 Å². The number of rotatable bonds is 0. The monoisotopic (exact) mass is 153 g/mol.